The van der Waals surface area contributed by atoms with Gasteiger partial charge in [-0.1, -0.05) is 42.3 Å². The van der Waals surface area contributed by atoms with E-state index in [1.807, 2.05) is 12.1 Å². The fourth-order valence-corrected chi connectivity index (χ4v) is 1.43. The Kier molecular flexibility index (Phi) is 4.29. The van der Waals surface area contributed by atoms with Crippen LogP contribution in [-0.4, -0.2) is 6.54 Å². The van der Waals surface area contributed by atoms with Crippen LogP contribution < -0.4 is 5.32 Å². The molecule has 2 heteroatoms. The first-order valence-corrected chi connectivity index (χ1v) is 5.51. The molecule has 0 heterocycles. The molecule has 72 valence electrons. The molecule has 0 aromatic heterocycles. The Balaban J connectivity index is 2.45. The molecule has 0 saturated carbocycles. The maximum Gasteiger partial charge on any atom is 0.0351 e. The van der Waals surface area contributed by atoms with Crippen molar-refractivity contribution in [2.45, 2.75) is 20.3 Å². The van der Waals surface area contributed by atoms with Crippen LogP contribution in [0, 0.1) is 5.92 Å². The first kappa shape index (κ1) is 10.6. The van der Waals surface area contributed by atoms with E-state index in [1.54, 1.807) is 0 Å². The van der Waals surface area contributed by atoms with Crippen molar-refractivity contribution in [2.75, 3.05) is 11.9 Å². The average Bonchev–Trinajstić information content (AvgIpc) is 2.14. The molecule has 0 saturated heterocycles. The Morgan fingerprint density at radius 1 is 1.46 bits per heavy atom. The summed E-state index contributed by atoms with van der Waals surface area (Å²) in [6, 6.07) is 8.27. The quantitative estimate of drug-likeness (QED) is 0.844. The Hall–Kier alpha value is -0.500. The minimum Gasteiger partial charge on any atom is -0.385 e. The lowest BCUT2D eigenvalue weighted by molar-refractivity contribution is 0.593. The lowest BCUT2D eigenvalue weighted by Gasteiger charge is -2.11. The van der Waals surface area contributed by atoms with Crippen molar-refractivity contribution >= 4 is 21.6 Å². The molecule has 0 aliphatic rings. The number of benzene rings is 1. The highest BCUT2D eigenvalue weighted by Gasteiger charge is 1.98. The Bertz CT molecular complexity index is 260. The molecular weight excluding hydrogens is 226 g/mol. The second kappa shape index (κ2) is 5.28. The van der Waals surface area contributed by atoms with E-state index in [4.69, 9.17) is 0 Å². The minimum atomic E-state index is 0.735. The van der Waals surface area contributed by atoms with Gasteiger partial charge in [0.05, 0.1) is 0 Å². The summed E-state index contributed by atoms with van der Waals surface area (Å²) in [7, 11) is 0. The summed E-state index contributed by atoms with van der Waals surface area (Å²) >= 11 is 3.45. The Morgan fingerprint density at radius 2 is 2.23 bits per heavy atom. The zero-order valence-electron chi connectivity index (χ0n) is 8.18. The molecule has 0 aliphatic carbocycles. The fraction of sp³-hybridized carbons (Fsp3) is 0.455. The summed E-state index contributed by atoms with van der Waals surface area (Å²) in [5.41, 5.74) is 1.19. The molecule has 1 unspecified atom stereocenters. The van der Waals surface area contributed by atoms with E-state index >= 15 is 0 Å². The van der Waals surface area contributed by atoms with Crippen LogP contribution in [0.5, 0.6) is 0 Å². The largest absolute Gasteiger partial charge is 0.385 e. The summed E-state index contributed by atoms with van der Waals surface area (Å²) in [6.07, 6.45) is 1.22. The fourth-order valence-electron chi connectivity index (χ4n) is 1.03. The van der Waals surface area contributed by atoms with Crippen molar-refractivity contribution in [3.63, 3.8) is 0 Å². The van der Waals surface area contributed by atoms with Crippen LogP contribution >= 0.6 is 15.9 Å². The van der Waals surface area contributed by atoms with Gasteiger partial charge in [-0.15, -0.1) is 0 Å². The van der Waals surface area contributed by atoms with Crippen molar-refractivity contribution in [3.8, 4) is 0 Å². The zero-order chi connectivity index (χ0) is 9.68. The molecule has 1 aromatic rings. The third kappa shape index (κ3) is 3.81. The summed E-state index contributed by atoms with van der Waals surface area (Å²) in [5, 5.41) is 3.41. The van der Waals surface area contributed by atoms with Crippen molar-refractivity contribution < 1.29 is 0 Å². The Labute approximate surface area is 88.7 Å². The van der Waals surface area contributed by atoms with Gasteiger partial charge in [0, 0.05) is 16.7 Å². The number of hydrogen-bond donors (Lipinski definition) is 1. The zero-order valence-corrected chi connectivity index (χ0v) is 9.76. The molecule has 1 rings (SSSR count). The summed E-state index contributed by atoms with van der Waals surface area (Å²) in [6.45, 7) is 5.52. The molecule has 0 radical (unpaired) electrons. The number of hydrogen-bond acceptors (Lipinski definition) is 1. The second-order valence-corrected chi connectivity index (χ2v) is 4.32. The van der Waals surface area contributed by atoms with E-state index in [1.165, 1.54) is 12.1 Å². The van der Waals surface area contributed by atoms with Crippen LogP contribution in [-0.2, 0) is 0 Å². The van der Waals surface area contributed by atoms with Gasteiger partial charge < -0.3 is 5.32 Å². The van der Waals surface area contributed by atoms with E-state index in [0.717, 1.165) is 16.9 Å². The average molecular weight is 242 g/mol. The van der Waals surface area contributed by atoms with Gasteiger partial charge >= 0.3 is 0 Å². The molecule has 0 aliphatic heterocycles. The van der Waals surface area contributed by atoms with Crippen LogP contribution in [0.4, 0.5) is 5.69 Å². The molecule has 1 aromatic carbocycles. The van der Waals surface area contributed by atoms with Gasteiger partial charge in [0.1, 0.15) is 0 Å². The smallest absolute Gasteiger partial charge is 0.0351 e. The first-order valence-electron chi connectivity index (χ1n) is 4.71. The predicted octanol–water partition coefficient (Wildman–Crippen LogP) is 3.91. The van der Waals surface area contributed by atoms with Crippen LogP contribution in [0.3, 0.4) is 0 Å². The summed E-state index contributed by atoms with van der Waals surface area (Å²) in [5.74, 6) is 0.735. The van der Waals surface area contributed by atoms with Crippen molar-refractivity contribution in [1.82, 2.24) is 0 Å². The van der Waals surface area contributed by atoms with E-state index in [2.05, 4.69) is 47.2 Å². The third-order valence-electron chi connectivity index (χ3n) is 2.18. The van der Waals surface area contributed by atoms with Crippen LogP contribution in [0.2, 0.25) is 0 Å². The second-order valence-electron chi connectivity index (χ2n) is 3.40. The van der Waals surface area contributed by atoms with Crippen molar-refractivity contribution in [2.24, 2.45) is 5.92 Å². The van der Waals surface area contributed by atoms with Gasteiger partial charge in [-0.3, -0.25) is 0 Å². The molecule has 0 fully saturated rings. The van der Waals surface area contributed by atoms with Crippen molar-refractivity contribution in [1.29, 1.82) is 0 Å². The van der Waals surface area contributed by atoms with Crippen molar-refractivity contribution in [3.05, 3.63) is 28.7 Å². The maximum atomic E-state index is 3.45. The predicted molar refractivity (Wildman–Crippen MR) is 62.1 cm³/mol. The van der Waals surface area contributed by atoms with Gasteiger partial charge in [0.15, 0.2) is 0 Å². The molecular formula is C11H16BrN. The highest BCUT2D eigenvalue weighted by Crippen LogP contribution is 2.16. The molecule has 1 nitrogen and oxygen atoms in total. The normalized spacial score (nSPS) is 12.5. The number of nitrogens with one attached hydrogen (secondary N) is 1. The monoisotopic (exact) mass is 241 g/mol. The minimum absolute atomic E-state index is 0.735. The Morgan fingerprint density at radius 3 is 2.85 bits per heavy atom. The topological polar surface area (TPSA) is 12.0 Å². The van der Waals surface area contributed by atoms with Crippen LogP contribution in [0.1, 0.15) is 20.3 Å². The number of anilines is 1. The van der Waals surface area contributed by atoms with Crippen LogP contribution in [0.15, 0.2) is 28.7 Å². The maximum absolute atomic E-state index is 3.45. The van der Waals surface area contributed by atoms with E-state index < -0.39 is 0 Å². The molecule has 0 spiro atoms. The standard InChI is InChI=1S/C11H16BrN/c1-3-9(2)8-13-11-6-4-5-10(12)7-11/h4-7,9,13H,3,8H2,1-2H3. The third-order valence-corrected chi connectivity index (χ3v) is 2.67. The SMILES string of the molecule is CCC(C)CNc1cccc(Br)c1. The lowest BCUT2D eigenvalue weighted by atomic mass is 10.1. The van der Waals surface area contributed by atoms with Gasteiger partial charge in [0.2, 0.25) is 0 Å². The van der Waals surface area contributed by atoms with Crippen LogP contribution in [0.25, 0.3) is 0 Å². The molecule has 1 N–H and O–H groups in total. The first-order chi connectivity index (χ1) is 6.22. The summed E-state index contributed by atoms with van der Waals surface area (Å²) < 4.78 is 1.13. The molecule has 0 bridgehead atoms. The summed E-state index contributed by atoms with van der Waals surface area (Å²) in [4.78, 5) is 0. The van der Waals surface area contributed by atoms with E-state index in [0.29, 0.717) is 0 Å². The molecule has 1 atom stereocenters. The van der Waals surface area contributed by atoms with Gasteiger partial charge in [0.25, 0.3) is 0 Å². The van der Waals surface area contributed by atoms with Gasteiger partial charge in [-0.25, -0.2) is 0 Å². The van der Waals surface area contributed by atoms with E-state index in [-0.39, 0.29) is 0 Å². The highest BCUT2D eigenvalue weighted by molar-refractivity contribution is 9.10. The number of halogens is 1. The molecule has 0 amide bonds. The molecule has 13 heavy (non-hydrogen) atoms. The van der Waals surface area contributed by atoms with Gasteiger partial charge in [-0.05, 0) is 24.1 Å². The highest BCUT2D eigenvalue weighted by atomic mass is 79.9. The lowest BCUT2D eigenvalue weighted by Crippen LogP contribution is -2.09. The van der Waals surface area contributed by atoms with Gasteiger partial charge in [-0.2, -0.15) is 0 Å². The van der Waals surface area contributed by atoms with E-state index in [9.17, 15) is 0 Å². The number of rotatable bonds is 4.